The molecular weight excluding hydrogens is 270 g/mol. The fourth-order valence-electron chi connectivity index (χ4n) is 1.50. The standard InChI is InChI=1S/C10H7N5O3S/c16-15(17)8-3-4-14(12-8)6-9-11-10(13-18-9)7-2-1-5-19-7/h1-5H,6H2. The van der Waals surface area contributed by atoms with E-state index in [0.29, 0.717) is 11.7 Å². The lowest BCUT2D eigenvalue weighted by Crippen LogP contribution is -2.01. The molecule has 0 atom stereocenters. The van der Waals surface area contributed by atoms with Crippen molar-refractivity contribution in [3.63, 3.8) is 0 Å². The molecule has 0 saturated heterocycles. The third-order valence-electron chi connectivity index (χ3n) is 2.32. The predicted octanol–water partition coefficient (Wildman–Crippen LogP) is 1.95. The number of nitrogens with zero attached hydrogens (tertiary/aromatic N) is 5. The maximum atomic E-state index is 10.5. The van der Waals surface area contributed by atoms with Gasteiger partial charge in [0.2, 0.25) is 5.82 Å². The summed E-state index contributed by atoms with van der Waals surface area (Å²) < 4.78 is 6.46. The van der Waals surface area contributed by atoms with Crippen LogP contribution in [-0.4, -0.2) is 24.8 Å². The van der Waals surface area contributed by atoms with E-state index in [1.807, 2.05) is 17.5 Å². The molecule has 3 heterocycles. The number of hydrogen-bond donors (Lipinski definition) is 0. The molecule has 8 nitrogen and oxygen atoms in total. The van der Waals surface area contributed by atoms with Gasteiger partial charge in [-0.3, -0.25) is 0 Å². The number of hydrogen-bond acceptors (Lipinski definition) is 7. The number of nitro groups is 1. The van der Waals surface area contributed by atoms with Crippen LogP contribution in [-0.2, 0) is 6.54 Å². The second-order valence-electron chi connectivity index (χ2n) is 3.62. The van der Waals surface area contributed by atoms with Crippen LogP contribution >= 0.6 is 11.3 Å². The fourth-order valence-corrected chi connectivity index (χ4v) is 2.15. The summed E-state index contributed by atoms with van der Waals surface area (Å²) in [4.78, 5) is 15.1. The summed E-state index contributed by atoms with van der Waals surface area (Å²) in [5.74, 6) is 0.644. The van der Waals surface area contributed by atoms with Crippen molar-refractivity contribution in [2.24, 2.45) is 0 Å². The summed E-state index contributed by atoms with van der Waals surface area (Å²) in [7, 11) is 0. The topological polar surface area (TPSA) is 99.9 Å². The van der Waals surface area contributed by atoms with Crippen LogP contribution in [0.15, 0.2) is 34.3 Å². The maximum absolute atomic E-state index is 10.5. The van der Waals surface area contributed by atoms with Gasteiger partial charge in [0, 0.05) is 0 Å². The molecule has 0 fully saturated rings. The molecule has 0 bridgehead atoms. The summed E-state index contributed by atoms with van der Waals surface area (Å²) in [6.45, 7) is 0.201. The van der Waals surface area contributed by atoms with E-state index < -0.39 is 4.92 Å². The molecular formula is C10H7N5O3S. The van der Waals surface area contributed by atoms with Gasteiger partial charge in [-0.25, -0.2) is 0 Å². The minimum absolute atomic E-state index is 0.201. The highest BCUT2D eigenvalue weighted by molar-refractivity contribution is 7.13. The van der Waals surface area contributed by atoms with Gasteiger partial charge in [-0.2, -0.15) is 9.67 Å². The molecule has 0 unspecified atom stereocenters. The molecule has 0 N–H and O–H groups in total. The van der Waals surface area contributed by atoms with E-state index in [1.54, 1.807) is 0 Å². The molecule has 96 valence electrons. The van der Waals surface area contributed by atoms with Crippen LogP contribution in [0.25, 0.3) is 10.7 Å². The molecule has 0 spiro atoms. The molecule has 19 heavy (non-hydrogen) atoms. The molecule has 0 radical (unpaired) electrons. The van der Waals surface area contributed by atoms with E-state index in [1.165, 1.54) is 28.3 Å². The lowest BCUT2D eigenvalue weighted by atomic mass is 10.4. The zero-order valence-corrected chi connectivity index (χ0v) is 10.3. The van der Waals surface area contributed by atoms with Gasteiger partial charge in [0.1, 0.15) is 6.54 Å². The van der Waals surface area contributed by atoms with Gasteiger partial charge in [0.15, 0.2) is 0 Å². The third-order valence-corrected chi connectivity index (χ3v) is 3.19. The third kappa shape index (κ3) is 2.36. The van der Waals surface area contributed by atoms with Crippen LogP contribution in [0.3, 0.4) is 0 Å². The second-order valence-corrected chi connectivity index (χ2v) is 4.57. The Morgan fingerprint density at radius 1 is 1.47 bits per heavy atom. The molecule has 3 aromatic heterocycles. The summed E-state index contributed by atoms with van der Waals surface area (Å²) in [5.41, 5.74) is 0. The van der Waals surface area contributed by atoms with E-state index in [0.717, 1.165) is 4.88 Å². The van der Waals surface area contributed by atoms with Crippen LogP contribution < -0.4 is 0 Å². The van der Waals surface area contributed by atoms with Crippen LogP contribution in [0.1, 0.15) is 5.89 Å². The highest BCUT2D eigenvalue weighted by Crippen LogP contribution is 2.21. The Hall–Kier alpha value is -2.55. The van der Waals surface area contributed by atoms with E-state index in [2.05, 4.69) is 15.2 Å². The Kier molecular flexibility index (Phi) is 2.80. The van der Waals surface area contributed by atoms with Crippen LogP contribution in [0, 0.1) is 10.1 Å². The van der Waals surface area contributed by atoms with E-state index >= 15 is 0 Å². The number of aromatic nitrogens is 4. The Labute approximate surface area is 110 Å². The van der Waals surface area contributed by atoms with Gasteiger partial charge in [-0.05, 0) is 16.4 Å². The van der Waals surface area contributed by atoms with E-state index in [4.69, 9.17) is 4.52 Å². The Morgan fingerprint density at radius 3 is 3.05 bits per heavy atom. The molecule has 3 rings (SSSR count). The quantitative estimate of drug-likeness (QED) is 0.533. The van der Waals surface area contributed by atoms with Gasteiger partial charge in [0.05, 0.1) is 22.2 Å². The van der Waals surface area contributed by atoms with Crippen molar-refractivity contribution in [1.29, 1.82) is 0 Å². The first-order valence-electron chi connectivity index (χ1n) is 5.27. The average Bonchev–Trinajstić information content (AvgIpc) is 3.09. The van der Waals surface area contributed by atoms with Crippen LogP contribution in [0.5, 0.6) is 0 Å². The lowest BCUT2D eigenvalue weighted by Gasteiger charge is -1.89. The van der Waals surface area contributed by atoms with Gasteiger partial charge in [-0.1, -0.05) is 11.2 Å². The molecule has 9 heteroatoms. The molecule has 0 amide bonds. The van der Waals surface area contributed by atoms with Gasteiger partial charge >= 0.3 is 5.82 Å². The summed E-state index contributed by atoms with van der Waals surface area (Å²) in [6.07, 6.45) is 1.49. The first-order chi connectivity index (χ1) is 9.22. The minimum atomic E-state index is -0.554. The van der Waals surface area contributed by atoms with Crippen molar-refractivity contribution < 1.29 is 9.45 Å². The molecule has 0 aliphatic heterocycles. The van der Waals surface area contributed by atoms with Crippen molar-refractivity contribution in [2.45, 2.75) is 6.54 Å². The number of rotatable bonds is 4. The largest absolute Gasteiger partial charge is 0.389 e. The lowest BCUT2D eigenvalue weighted by molar-refractivity contribution is -0.389. The highest BCUT2D eigenvalue weighted by atomic mass is 32.1. The molecule has 3 aromatic rings. The van der Waals surface area contributed by atoms with Gasteiger partial charge < -0.3 is 14.6 Å². The van der Waals surface area contributed by atoms with E-state index in [9.17, 15) is 10.1 Å². The summed E-state index contributed by atoms with van der Waals surface area (Å²) in [5, 5.41) is 20.0. The average molecular weight is 277 g/mol. The normalized spacial score (nSPS) is 10.7. The second kappa shape index (κ2) is 4.61. The zero-order valence-electron chi connectivity index (χ0n) is 9.46. The Morgan fingerprint density at radius 2 is 2.37 bits per heavy atom. The van der Waals surface area contributed by atoms with Crippen molar-refractivity contribution >= 4 is 17.2 Å². The smallest absolute Gasteiger partial charge is 0.358 e. The van der Waals surface area contributed by atoms with Gasteiger partial charge in [0.25, 0.3) is 5.89 Å². The Balaban J connectivity index is 1.78. The van der Waals surface area contributed by atoms with Crippen molar-refractivity contribution in [3.8, 4) is 10.7 Å². The molecule has 0 aliphatic carbocycles. The SMILES string of the molecule is O=[N+]([O-])c1ccn(Cc2nc(-c3cccs3)no2)n1. The van der Waals surface area contributed by atoms with Crippen LogP contribution in [0.4, 0.5) is 5.82 Å². The highest BCUT2D eigenvalue weighted by Gasteiger charge is 2.14. The van der Waals surface area contributed by atoms with Gasteiger partial charge in [-0.15, -0.1) is 11.3 Å². The van der Waals surface area contributed by atoms with Crippen molar-refractivity contribution in [1.82, 2.24) is 19.9 Å². The molecule has 0 saturated carbocycles. The summed E-state index contributed by atoms with van der Waals surface area (Å²) >= 11 is 1.51. The predicted molar refractivity (Wildman–Crippen MR) is 65.6 cm³/mol. The molecule has 0 aromatic carbocycles. The minimum Gasteiger partial charge on any atom is -0.358 e. The zero-order chi connectivity index (χ0) is 13.2. The Bertz CT molecular complexity index is 702. The van der Waals surface area contributed by atoms with Crippen molar-refractivity contribution in [2.75, 3.05) is 0 Å². The fraction of sp³-hybridized carbons (Fsp3) is 0.100. The first kappa shape index (κ1) is 11.5. The monoisotopic (exact) mass is 277 g/mol. The molecule has 0 aliphatic rings. The first-order valence-corrected chi connectivity index (χ1v) is 6.14. The summed E-state index contributed by atoms with van der Waals surface area (Å²) in [6, 6.07) is 5.10. The van der Waals surface area contributed by atoms with E-state index in [-0.39, 0.29) is 12.4 Å². The van der Waals surface area contributed by atoms with Crippen molar-refractivity contribution in [3.05, 3.63) is 45.8 Å². The number of thiophene rings is 1. The maximum Gasteiger partial charge on any atom is 0.389 e. The van der Waals surface area contributed by atoms with Crippen LogP contribution in [0.2, 0.25) is 0 Å².